The number of likely N-dealkylation sites (tertiary alicyclic amines) is 1. The van der Waals surface area contributed by atoms with E-state index in [1.807, 2.05) is 0 Å². The molecule has 1 saturated heterocycles. The number of nitrogens with zero attached hydrogens (tertiary/aromatic N) is 2. The zero-order valence-corrected chi connectivity index (χ0v) is 12.4. The second-order valence-electron chi connectivity index (χ2n) is 5.22. The fourth-order valence-electron chi connectivity index (χ4n) is 2.54. The molecule has 118 valence electrons. The van der Waals surface area contributed by atoms with Crippen molar-refractivity contribution in [2.24, 2.45) is 0 Å². The minimum atomic E-state index is -4.72. The lowest BCUT2D eigenvalue weighted by Gasteiger charge is -2.32. The molecule has 21 heavy (non-hydrogen) atoms. The van der Waals surface area contributed by atoms with Gasteiger partial charge in [0.2, 0.25) is 0 Å². The van der Waals surface area contributed by atoms with Gasteiger partial charge >= 0.3 is 12.1 Å². The van der Waals surface area contributed by atoms with Crippen molar-refractivity contribution in [1.82, 2.24) is 9.88 Å². The first-order chi connectivity index (χ1) is 9.79. The highest BCUT2D eigenvalue weighted by atomic mass is 32.1. The number of halogens is 3. The molecule has 1 unspecified atom stereocenters. The van der Waals surface area contributed by atoms with Crippen LogP contribution in [-0.2, 0) is 12.6 Å². The van der Waals surface area contributed by atoms with Crippen LogP contribution in [0.25, 0.3) is 0 Å². The van der Waals surface area contributed by atoms with Gasteiger partial charge in [-0.1, -0.05) is 6.42 Å². The summed E-state index contributed by atoms with van der Waals surface area (Å²) < 4.78 is 38.2. The predicted molar refractivity (Wildman–Crippen MR) is 72.7 cm³/mol. The molecule has 1 aromatic rings. The van der Waals surface area contributed by atoms with Crippen LogP contribution < -0.4 is 0 Å². The van der Waals surface area contributed by atoms with Gasteiger partial charge in [-0.2, -0.15) is 13.2 Å². The van der Waals surface area contributed by atoms with Crippen LogP contribution in [-0.4, -0.2) is 40.1 Å². The van der Waals surface area contributed by atoms with Crippen LogP contribution in [0.5, 0.6) is 0 Å². The second-order valence-corrected chi connectivity index (χ2v) is 6.30. The summed E-state index contributed by atoms with van der Waals surface area (Å²) >= 11 is 0.627. The van der Waals surface area contributed by atoms with Crippen LogP contribution in [0.3, 0.4) is 0 Å². The van der Waals surface area contributed by atoms with E-state index in [9.17, 15) is 18.0 Å². The van der Waals surface area contributed by atoms with Gasteiger partial charge in [-0.3, -0.25) is 0 Å². The van der Waals surface area contributed by atoms with E-state index < -0.39 is 22.7 Å². The summed E-state index contributed by atoms with van der Waals surface area (Å²) in [5, 5.41) is 9.10. The number of carbonyl (C=O) groups is 1. The highest BCUT2D eigenvalue weighted by Gasteiger charge is 2.39. The van der Waals surface area contributed by atoms with E-state index in [-0.39, 0.29) is 5.01 Å². The summed E-state index contributed by atoms with van der Waals surface area (Å²) in [5.41, 5.74) is -1.28. The number of hydrogen-bond donors (Lipinski definition) is 1. The lowest BCUT2D eigenvalue weighted by Crippen LogP contribution is -2.38. The first-order valence-corrected chi connectivity index (χ1v) is 7.65. The fraction of sp³-hybridized carbons (Fsp3) is 0.692. The molecule has 0 saturated carbocycles. The fourth-order valence-corrected chi connectivity index (χ4v) is 3.45. The molecule has 0 radical (unpaired) electrons. The first kappa shape index (κ1) is 16.2. The number of aromatic nitrogens is 1. The van der Waals surface area contributed by atoms with Crippen LogP contribution in [0.15, 0.2) is 0 Å². The van der Waals surface area contributed by atoms with Crippen molar-refractivity contribution in [2.75, 3.05) is 13.1 Å². The Morgan fingerprint density at radius 1 is 1.48 bits per heavy atom. The molecular formula is C13H17F3N2O2S. The molecule has 2 rings (SSSR count). The Balaban J connectivity index is 2.08. The number of aromatic carboxylic acids is 1. The minimum Gasteiger partial charge on any atom is -0.477 e. The average Bonchev–Trinajstić information content (AvgIpc) is 2.82. The Bertz CT molecular complexity index is 516. The molecular weight excluding hydrogens is 305 g/mol. The topological polar surface area (TPSA) is 53.4 Å². The quantitative estimate of drug-likeness (QED) is 0.924. The smallest absolute Gasteiger partial charge is 0.435 e. The molecule has 2 heterocycles. The normalized spacial score (nSPS) is 20.7. The van der Waals surface area contributed by atoms with E-state index >= 15 is 0 Å². The highest BCUT2D eigenvalue weighted by Crippen LogP contribution is 2.34. The van der Waals surface area contributed by atoms with Crippen LogP contribution in [0, 0.1) is 0 Å². The number of rotatable bonds is 4. The standard InChI is InChI=1S/C13H17F3N2O2S/c1-8-4-2-3-6-18(8)7-5-9-17-11(13(14,15)16)10(21-9)12(19)20/h8H,2-7H2,1H3,(H,19,20). The minimum absolute atomic E-state index is 0.234. The van der Waals surface area contributed by atoms with E-state index in [0.717, 1.165) is 19.4 Å². The number of thiazole rings is 1. The van der Waals surface area contributed by atoms with E-state index in [1.54, 1.807) is 0 Å². The molecule has 0 amide bonds. The largest absolute Gasteiger partial charge is 0.477 e. The Morgan fingerprint density at radius 2 is 2.19 bits per heavy atom. The van der Waals surface area contributed by atoms with Crippen molar-refractivity contribution in [3.8, 4) is 0 Å². The van der Waals surface area contributed by atoms with Crippen molar-refractivity contribution in [3.63, 3.8) is 0 Å². The molecule has 0 aliphatic carbocycles. The molecule has 0 spiro atoms. The number of alkyl halides is 3. The van der Waals surface area contributed by atoms with E-state index in [0.29, 0.717) is 30.3 Å². The molecule has 1 atom stereocenters. The van der Waals surface area contributed by atoms with Crippen LogP contribution in [0.1, 0.15) is 46.6 Å². The van der Waals surface area contributed by atoms with Gasteiger partial charge in [0.25, 0.3) is 0 Å². The van der Waals surface area contributed by atoms with E-state index in [4.69, 9.17) is 5.11 Å². The Kier molecular flexibility index (Phi) is 4.88. The summed E-state index contributed by atoms with van der Waals surface area (Å²) in [6.45, 7) is 3.65. The zero-order valence-electron chi connectivity index (χ0n) is 11.6. The number of carboxylic acid groups (broad SMARTS) is 1. The number of carboxylic acids is 1. The molecule has 1 aliphatic rings. The molecule has 0 aromatic carbocycles. The SMILES string of the molecule is CC1CCCCN1CCc1nc(C(F)(F)F)c(C(=O)O)s1. The molecule has 4 nitrogen and oxygen atoms in total. The monoisotopic (exact) mass is 322 g/mol. The molecule has 1 N–H and O–H groups in total. The van der Waals surface area contributed by atoms with Crippen LogP contribution >= 0.6 is 11.3 Å². The maximum Gasteiger partial charge on any atom is 0.435 e. The lowest BCUT2D eigenvalue weighted by molar-refractivity contribution is -0.141. The van der Waals surface area contributed by atoms with Gasteiger partial charge in [0.1, 0.15) is 4.88 Å². The van der Waals surface area contributed by atoms with Gasteiger partial charge in [0.15, 0.2) is 5.69 Å². The molecule has 1 aliphatic heterocycles. The van der Waals surface area contributed by atoms with E-state index in [2.05, 4.69) is 16.8 Å². The van der Waals surface area contributed by atoms with E-state index in [1.165, 1.54) is 6.42 Å². The van der Waals surface area contributed by atoms with Crippen molar-refractivity contribution in [2.45, 2.75) is 44.8 Å². The maximum absolute atomic E-state index is 12.7. The van der Waals surface area contributed by atoms with Crippen molar-refractivity contribution in [1.29, 1.82) is 0 Å². The molecule has 8 heteroatoms. The number of hydrogen-bond acceptors (Lipinski definition) is 4. The average molecular weight is 322 g/mol. The Labute approximate surface area is 124 Å². The third-order valence-corrected chi connectivity index (χ3v) is 4.79. The van der Waals surface area contributed by atoms with Crippen molar-refractivity contribution >= 4 is 17.3 Å². The number of piperidine rings is 1. The lowest BCUT2D eigenvalue weighted by atomic mass is 10.0. The van der Waals surface area contributed by atoms with Gasteiger partial charge in [-0.05, 0) is 26.3 Å². The van der Waals surface area contributed by atoms with Crippen molar-refractivity contribution in [3.05, 3.63) is 15.6 Å². The third kappa shape index (κ3) is 3.94. The van der Waals surface area contributed by atoms with Crippen LogP contribution in [0.4, 0.5) is 13.2 Å². The maximum atomic E-state index is 12.7. The second kappa shape index (κ2) is 6.31. The molecule has 1 fully saturated rings. The summed E-state index contributed by atoms with van der Waals surface area (Å²) in [4.78, 5) is 15.9. The van der Waals surface area contributed by atoms with Crippen LogP contribution in [0.2, 0.25) is 0 Å². The molecule has 1 aromatic heterocycles. The van der Waals surface area contributed by atoms with Gasteiger partial charge in [-0.25, -0.2) is 9.78 Å². The Hall–Kier alpha value is -1.15. The first-order valence-electron chi connectivity index (χ1n) is 6.83. The molecule has 0 bridgehead atoms. The van der Waals surface area contributed by atoms with Crippen molar-refractivity contribution < 1.29 is 23.1 Å². The van der Waals surface area contributed by atoms with Gasteiger partial charge < -0.3 is 10.0 Å². The summed E-state index contributed by atoms with van der Waals surface area (Å²) in [5.74, 6) is -1.57. The van der Waals surface area contributed by atoms with Gasteiger partial charge in [0, 0.05) is 19.0 Å². The van der Waals surface area contributed by atoms with Gasteiger partial charge in [0.05, 0.1) is 5.01 Å². The predicted octanol–water partition coefficient (Wildman–Crippen LogP) is 3.28. The summed E-state index contributed by atoms with van der Waals surface area (Å²) in [6.07, 6.45) is -1.01. The summed E-state index contributed by atoms with van der Waals surface area (Å²) in [7, 11) is 0. The third-order valence-electron chi connectivity index (χ3n) is 3.69. The highest BCUT2D eigenvalue weighted by molar-refractivity contribution is 7.13. The Morgan fingerprint density at radius 3 is 2.71 bits per heavy atom. The summed E-state index contributed by atoms with van der Waals surface area (Å²) in [6, 6.07) is 0.416. The van der Waals surface area contributed by atoms with Gasteiger partial charge in [-0.15, -0.1) is 11.3 Å². The zero-order chi connectivity index (χ0) is 15.6.